The molecule has 8 nitrogen and oxygen atoms in total. The lowest BCUT2D eigenvalue weighted by atomic mass is 10.1. The molecule has 2 aromatic rings. The summed E-state index contributed by atoms with van der Waals surface area (Å²) in [6, 6.07) is 9.62. The van der Waals surface area contributed by atoms with Crippen LogP contribution < -0.4 is 10.0 Å². The van der Waals surface area contributed by atoms with Gasteiger partial charge < -0.3 is 10.1 Å². The van der Waals surface area contributed by atoms with Crippen molar-refractivity contribution in [2.45, 2.75) is 45.6 Å². The average molecular weight is 447 g/mol. The highest BCUT2D eigenvalue weighted by Gasteiger charge is 2.23. The SMILES string of the molecule is CC(=O)Nc1ccc(C(=O)[C@H](C)OC(=O)CNS(=O)(=O)c2c(C)cc(C)cc2C)cc1. The van der Waals surface area contributed by atoms with Crippen molar-refractivity contribution in [1.82, 2.24) is 4.72 Å². The maximum atomic E-state index is 12.6. The van der Waals surface area contributed by atoms with Gasteiger partial charge in [0.1, 0.15) is 6.54 Å². The van der Waals surface area contributed by atoms with Crippen LogP contribution in [-0.2, 0) is 24.3 Å². The number of rotatable bonds is 8. The molecule has 0 saturated heterocycles. The molecular weight excluding hydrogens is 420 g/mol. The zero-order chi connectivity index (χ0) is 23.3. The molecule has 166 valence electrons. The minimum absolute atomic E-state index is 0.120. The van der Waals surface area contributed by atoms with Crippen molar-refractivity contribution in [3.8, 4) is 0 Å². The molecule has 2 rings (SSSR count). The van der Waals surface area contributed by atoms with Gasteiger partial charge in [-0.05, 0) is 63.1 Å². The molecule has 1 amide bonds. The van der Waals surface area contributed by atoms with E-state index < -0.39 is 34.4 Å². The second kappa shape index (κ2) is 9.84. The number of nitrogens with one attached hydrogen (secondary N) is 2. The minimum atomic E-state index is -3.93. The lowest BCUT2D eigenvalue weighted by molar-refractivity contribution is -0.144. The van der Waals surface area contributed by atoms with Crippen molar-refractivity contribution >= 4 is 33.4 Å². The Hall–Kier alpha value is -3.04. The monoisotopic (exact) mass is 446 g/mol. The number of benzene rings is 2. The standard InChI is InChI=1S/C22H26N2O6S/c1-13-10-14(2)22(15(3)11-13)31(28,29)23-12-20(26)30-16(4)21(27)18-6-8-19(9-7-18)24-17(5)25/h6-11,16,23H,12H2,1-5H3,(H,24,25)/t16-/m0/s1. The third kappa shape index (κ3) is 6.47. The highest BCUT2D eigenvalue weighted by Crippen LogP contribution is 2.21. The number of aryl methyl sites for hydroxylation is 3. The number of amides is 1. The third-order valence-electron chi connectivity index (χ3n) is 4.45. The second-order valence-corrected chi connectivity index (χ2v) is 9.01. The number of sulfonamides is 1. The number of hydrogen-bond donors (Lipinski definition) is 2. The molecule has 0 fully saturated rings. The molecule has 0 aliphatic rings. The second-order valence-electron chi connectivity index (χ2n) is 7.31. The quantitative estimate of drug-likeness (QED) is 0.475. The fourth-order valence-corrected chi connectivity index (χ4v) is 4.68. The van der Waals surface area contributed by atoms with Crippen molar-refractivity contribution in [2.75, 3.05) is 11.9 Å². The van der Waals surface area contributed by atoms with Crippen LogP contribution in [0.4, 0.5) is 5.69 Å². The highest BCUT2D eigenvalue weighted by molar-refractivity contribution is 7.89. The van der Waals surface area contributed by atoms with Crippen LogP contribution in [0.15, 0.2) is 41.3 Å². The first-order valence-electron chi connectivity index (χ1n) is 9.59. The zero-order valence-electron chi connectivity index (χ0n) is 18.1. The Morgan fingerprint density at radius 1 is 1.00 bits per heavy atom. The molecule has 0 saturated carbocycles. The van der Waals surface area contributed by atoms with Gasteiger partial charge in [0.25, 0.3) is 0 Å². The molecule has 0 bridgehead atoms. The topological polar surface area (TPSA) is 119 Å². The van der Waals surface area contributed by atoms with Crippen LogP contribution in [0.2, 0.25) is 0 Å². The van der Waals surface area contributed by atoms with E-state index in [0.717, 1.165) is 5.56 Å². The normalized spacial score (nSPS) is 12.2. The van der Waals surface area contributed by atoms with Crippen LogP contribution in [0.5, 0.6) is 0 Å². The minimum Gasteiger partial charge on any atom is -0.453 e. The van der Waals surface area contributed by atoms with Crippen molar-refractivity contribution < 1.29 is 27.5 Å². The molecule has 0 spiro atoms. The number of anilines is 1. The van der Waals surface area contributed by atoms with Crippen molar-refractivity contribution in [3.05, 3.63) is 58.7 Å². The summed E-state index contributed by atoms with van der Waals surface area (Å²) >= 11 is 0. The molecule has 9 heteroatoms. The lowest BCUT2D eigenvalue weighted by Gasteiger charge is -2.15. The largest absolute Gasteiger partial charge is 0.453 e. The molecule has 0 aromatic heterocycles. The summed E-state index contributed by atoms with van der Waals surface area (Å²) < 4.78 is 32.6. The van der Waals surface area contributed by atoms with Crippen LogP contribution in [-0.4, -0.2) is 38.7 Å². The summed E-state index contributed by atoms with van der Waals surface area (Å²) in [4.78, 5) is 35.7. The maximum Gasteiger partial charge on any atom is 0.321 e. The molecule has 31 heavy (non-hydrogen) atoms. The fourth-order valence-electron chi connectivity index (χ4n) is 3.26. The van der Waals surface area contributed by atoms with Crippen molar-refractivity contribution in [3.63, 3.8) is 0 Å². The Balaban J connectivity index is 1.99. The summed E-state index contributed by atoms with van der Waals surface area (Å²) in [5.74, 6) is -1.56. The summed E-state index contributed by atoms with van der Waals surface area (Å²) in [5.41, 5.74) is 2.91. The summed E-state index contributed by atoms with van der Waals surface area (Å²) in [5, 5.41) is 2.59. The van der Waals surface area contributed by atoms with Crippen LogP contribution in [0.3, 0.4) is 0 Å². The Bertz CT molecular complexity index is 1080. The van der Waals surface area contributed by atoms with Gasteiger partial charge in [0.05, 0.1) is 4.90 Å². The van der Waals surface area contributed by atoms with Gasteiger partial charge in [0.15, 0.2) is 6.10 Å². The first-order chi connectivity index (χ1) is 14.4. The van der Waals surface area contributed by atoms with E-state index in [9.17, 15) is 22.8 Å². The average Bonchev–Trinajstić information content (AvgIpc) is 2.65. The van der Waals surface area contributed by atoms with E-state index in [-0.39, 0.29) is 10.8 Å². The molecule has 0 aliphatic carbocycles. The number of hydrogen-bond acceptors (Lipinski definition) is 6. The molecule has 0 unspecified atom stereocenters. The predicted molar refractivity (Wildman–Crippen MR) is 116 cm³/mol. The number of carbonyl (C=O) groups excluding carboxylic acids is 3. The number of carbonyl (C=O) groups is 3. The first-order valence-corrected chi connectivity index (χ1v) is 11.1. The van der Waals surface area contributed by atoms with E-state index >= 15 is 0 Å². The lowest BCUT2D eigenvalue weighted by Crippen LogP contribution is -2.34. The van der Waals surface area contributed by atoms with E-state index in [1.807, 2.05) is 6.92 Å². The number of ether oxygens (including phenoxy) is 1. The summed E-state index contributed by atoms with van der Waals surface area (Å²) in [6.45, 7) is 7.41. The summed E-state index contributed by atoms with van der Waals surface area (Å²) in [7, 11) is -3.93. The maximum absolute atomic E-state index is 12.6. The Kier molecular flexibility index (Phi) is 7.70. The Morgan fingerprint density at radius 3 is 2.06 bits per heavy atom. The van der Waals surface area contributed by atoms with Crippen LogP contribution in [0, 0.1) is 20.8 Å². The molecule has 2 N–H and O–H groups in total. The van der Waals surface area contributed by atoms with Crippen molar-refractivity contribution in [2.24, 2.45) is 0 Å². The summed E-state index contributed by atoms with van der Waals surface area (Å²) in [6.07, 6.45) is -1.11. The third-order valence-corrected chi connectivity index (χ3v) is 6.15. The highest BCUT2D eigenvalue weighted by atomic mass is 32.2. The molecule has 0 aliphatic heterocycles. The van der Waals surface area contributed by atoms with Gasteiger partial charge in [-0.1, -0.05) is 17.7 Å². The van der Waals surface area contributed by atoms with E-state index in [2.05, 4.69) is 10.0 Å². The number of ketones is 1. The molecule has 1 atom stereocenters. The smallest absolute Gasteiger partial charge is 0.321 e. The van der Waals surface area contributed by atoms with E-state index in [1.165, 1.54) is 26.0 Å². The van der Waals surface area contributed by atoms with Gasteiger partial charge in [-0.2, -0.15) is 4.72 Å². The molecule has 2 aromatic carbocycles. The Labute approximate surface area is 182 Å². The van der Waals surface area contributed by atoms with Gasteiger partial charge in [0, 0.05) is 18.2 Å². The van der Waals surface area contributed by atoms with Crippen LogP contribution in [0.25, 0.3) is 0 Å². The van der Waals surface area contributed by atoms with E-state index in [1.54, 1.807) is 38.1 Å². The van der Waals surface area contributed by atoms with Crippen molar-refractivity contribution in [1.29, 1.82) is 0 Å². The van der Waals surface area contributed by atoms with Gasteiger partial charge in [0.2, 0.25) is 21.7 Å². The zero-order valence-corrected chi connectivity index (χ0v) is 18.9. The molecule has 0 heterocycles. The van der Waals surface area contributed by atoms with Gasteiger partial charge in [-0.15, -0.1) is 0 Å². The van der Waals surface area contributed by atoms with Crippen LogP contribution >= 0.6 is 0 Å². The van der Waals surface area contributed by atoms with Gasteiger partial charge in [-0.25, -0.2) is 8.42 Å². The number of Topliss-reactive ketones (excluding diaryl/α,β-unsaturated/α-hetero) is 1. The molecule has 0 radical (unpaired) electrons. The Morgan fingerprint density at radius 2 is 1.55 bits per heavy atom. The van der Waals surface area contributed by atoms with E-state index in [0.29, 0.717) is 22.4 Å². The number of esters is 1. The predicted octanol–water partition coefficient (Wildman–Crippen LogP) is 2.66. The first kappa shape index (κ1) is 24.2. The van der Waals surface area contributed by atoms with Crippen LogP contribution in [0.1, 0.15) is 40.9 Å². The van der Waals surface area contributed by atoms with Gasteiger partial charge in [-0.3, -0.25) is 14.4 Å². The fraction of sp³-hybridized carbons (Fsp3) is 0.318. The molecular formula is C22H26N2O6S. The van der Waals surface area contributed by atoms with E-state index in [4.69, 9.17) is 4.74 Å². The van der Waals surface area contributed by atoms with Gasteiger partial charge >= 0.3 is 5.97 Å².